The molecule has 2 aromatic carbocycles. The lowest BCUT2D eigenvalue weighted by atomic mass is 10.2. The average Bonchev–Trinajstić information content (AvgIpc) is 2.79. The van der Waals surface area contributed by atoms with Crippen molar-refractivity contribution in [2.45, 2.75) is 19.3 Å². The molecule has 17 heteroatoms. The molecule has 1 atom stereocenters. The average molecular weight is 571 g/mol. The summed E-state index contributed by atoms with van der Waals surface area (Å²) >= 11 is 5.69. The molecule has 0 spiro atoms. The molecule has 0 heterocycles. The van der Waals surface area contributed by atoms with Crippen molar-refractivity contribution in [3.63, 3.8) is 0 Å². The van der Waals surface area contributed by atoms with Crippen molar-refractivity contribution < 1.29 is 49.5 Å². The number of nitro groups is 2. The van der Waals surface area contributed by atoms with Crippen molar-refractivity contribution in [2.24, 2.45) is 0 Å². The molecule has 0 saturated carbocycles. The Morgan fingerprint density at radius 2 is 1.33 bits per heavy atom. The van der Waals surface area contributed by atoms with Crippen LogP contribution in [0.15, 0.2) is 48.5 Å². The summed E-state index contributed by atoms with van der Waals surface area (Å²) < 4.78 is 0. The molecule has 0 radical (unpaired) electrons. The molecular formula is C22H23ClN4O12. The molecule has 39 heavy (non-hydrogen) atoms. The smallest absolute Gasteiger partial charge is 0.396 e. The lowest BCUT2D eigenvalue weighted by molar-refractivity contribution is -0.537. The molecule has 0 aliphatic rings. The number of hydrogen-bond acceptors (Lipinski definition) is 10. The van der Waals surface area contributed by atoms with Crippen molar-refractivity contribution in [1.82, 2.24) is 9.80 Å². The zero-order chi connectivity index (χ0) is 29.7. The van der Waals surface area contributed by atoms with Gasteiger partial charge in [0.25, 0.3) is 5.69 Å². The predicted octanol–water partition coefficient (Wildman–Crippen LogP) is 1.48. The van der Waals surface area contributed by atoms with E-state index in [1.807, 2.05) is 0 Å². The van der Waals surface area contributed by atoms with Gasteiger partial charge in [-0.05, 0) is 23.3 Å². The quantitative estimate of drug-likeness (QED) is 0.143. The number of aliphatic carboxylic acids is 4. The summed E-state index contributed by atoms with van der Waals surface area (Å²) in [6, 6.07) is 11.8. The molecule has 16 nitrogen and oxygen atoms in total. The third-order valence-corrected chi connectivity index (χ3v) is 4.90. The van der Waals surface area contributed by atoms with Crippen LogP contribution in [-0.4, -0.2) is 89.7 Å². The number of nitrogens with zero attached hydrogens (tertiary/aromatic N) is 4. The summed E-state index contributed by atoms with van der Waals surface area (Å²) in [5.41, 5.74) is 0.878. The number of benzene rings is 2. The second-order valence-electron chi connectivity index (χ2n) is 7.78. The van der Waals surface area contributed by atoms with Crippen molar-refractivity contribution in [2.75, 3.05) is 19.6 Å². The minimum atomic E-state index is -2.12. The van der Waals surface area contributed by atoms with E-state index < -0.39 is 59.5 Å². The van der Waals surface area contributed by atoms with Crippen LogP contribution in [0.1, 0.15) is 11.1 Å². The maximum atomic E-state index is 10.9. The molecule has 2 rings (SSSR count). The molecule has 0 bridgehead atoms. The first kappa shape index (κ1) is 32.4. The molecule has 0 aromatic heterocycles. The predicted molar refractivity (Wildman–Crippen MR) is 132 cm³/mol. The van der Waals surface area contributed by atoms with Crippen molar-refractivity contribution >= 4 is 41.2 Å². The maximum Gasteiger partial charge on any atom is 0.396 e. The van der Waals surface area contributed by atoms with E-state index in [1.54, 1.807) is 6.07 Å². The molecule has 0 fully saturated rings. The first-order chi connectivity index (χ1) is 18.2. The SMILES string of the molecule is O=C(O)CN(CC(=O)O)Cc1cccc([N+](=O)[O-])c1.O=C(O)CN(Cc1ccc(Cl)cc1)C(C(=O)O)[N+](=O)[O-]. The Bertz CT molecular complexity index is 1180. The number of halogens is 1. The van der Waals surface area contributed by atoms with Gasteiger partial charge in [0.15, 0.2) is 0 Å². The molecule has 4 N–H and O–H groups in total. The maximum absolute atomic E-state index is 10.9. The van der Waals surface area contributed by atoms with Crippen LogP contribution in [0.5, 0.6) is 0 Å². The fourth-order valence-corrected chi connectivity index (χ4v) is 3.31. The van der Waals surface area contributed by atoms with Crippen molar-refractivity contribution in [3.05, 3.63) is 84.9 Å². The van der Waals surface area contributed by atoms with Crippen LogP contribution in [0.3, 0.4) is 0 Å². The largest absolute Gasteiger partial charge is 0.480 e. The Hall–Kier alpha value is -4.67. The second kappa shape index (κ2) is 15.6. The van der Waals surface area contributed by atoms with Gasteiger partial charge in [-0.15, -0.1) is 0 Å². The Labute approximate surface area is 224 Å². The minimum Gasteiger partial charge on any atom is -0.480 e. The first-order valence-electron chi connectivity index (χ1n) is 10.7. The van der Waals surface area contributed by atoms with Gasteiger partial charge in [0.1, 0.15) is 6.54 Å². The third kappa shape index (κ3) is 12.4. The van der Waals surface area contributed by atoms with Gasteiger partial charge >= 0.3 is 30.0 Å². The van der Waals surface area contributed by atoms with E-state index in [9.17, 15) is 39.4 Å². The van der Waals surface area contributed by atoms with Gasteiger partial charge in [-0.2, -0.15) is 0 Å². The molecule has 0 aliphatic carbocycles. The summed E-state index contributed by atoms with van der Waals surface area (Å²) in [5, 5.41) is 56.8. The van der Waals surface area contributed by atoms with Crippen LogP contribution in [0.2, 0.25) is 5.02 Å². The van der Waals surface area contributed by atoms with Gasteiger partial charge in [-0.3, -0.25) is 39.5 Å². The van der Waals surface area contributed by atoms with Crippen LogP contribution in [0.4, 0.5) is 5.69 Å². The van der Waals surface area contributed by atoms with E-state index in [1.165, 1.54) is 47.4 Å². The molecule has 210 valence electrons. The van der Waals surface area contributed by atoms with Gasteiger partial charge in [0.2, 0.25) is 0 Å². The Morgan fingerprint density at radius 1 is 0.795 bits per heavy atom. The van der Waals surface area contributed by atoms with Gasteiger partial charge in [-0.1, -0.05) is 35.9 Å². The van der Waals surface area contributed by atoms with E-state index in [4.69, 9.17) is 32.0 Å². The standard InChI is InChI=1S/C11H11ClN2O6.C11H12N2O6/c12-8-3-1-7(2-4-8)5-13(6-9(15)16)10(11(17)18)14(19)20;14-10(15)6-12(7-11(16)17)5-8-2-1-3-9(4-8)13(18)19/h1-4,10H,5-6H2,(H,15,16)(H,17,18);1-4H,5-7H2,(H,14,15)(H,16,17). The number of non-ortho nitro benzene ring substituents is 1. The highest BCUT2D eigenvalue weighted by Crippen LogP contribution is 2.15. The third-order valence-electron chi connectivity index (χ3n) is 4.65. The minimum absolute atomic E-state index is 0.0142. The highest BCUT2D eigenvalue weighted by atomic mass is 35.5. The summed E-state index contributed by atoms with van der Waals surface area (Å²) in [5.74, 6) is -5.39. The second-order valence-corrected chi connectivity index (χ2v) is 8.22. The number of rotatable bonds is 14. The van der Waals surface area contributed by atoms with E-state index in [0.29, 0.717) is 16.1 Å². The van der Waals surface area contributed by atoms with Gasteiger partial charge in [0, 0.05) is 30.2 Å². The number of carboxylic acid groups (broad SMARTS) is 4. The summed E-state index contributed by atoms with van der Waals surface area (Å²) in [7, 11) is 0. The van der Waals surface area contributed by atoms with E-state index in [0.717, 1.165) is 4.90 Å². The summed E-state index contributed by atoms with van der Waals surface area (Å²) in [6.07, 6.45) is -2.12. The molecule has 0 saturated heterocycles. The first-order valence-corrected chi connectivity index (χ1v) is 11.0. The normalized spacial score (nSPS) is 11.3. The van der Waals surface area contributed by atoms with Crippen LogP contribution < -0.4 is 0 Å². The number of hydrogen-bond donors (Lipinski definition) is 4. The lowest BCUT2D eigenvalue weighted by Crippen LogP contribution is -2.48. The zero-order valence-electron chi connectivity index (χ0n) is 20.0. The Kier molecular flexibility index (Phi) is 12.9. The van der Waals surface area contributed by atoms with Crippen LogP contribution in [0.25, 0.3) is 0 Å². The monoisotopic (exact) mass is 570 g/mol. The molecule has 2 aromatic rings. The molecule has 0 amide bonds. The molecular weight excluding hydrogens is 548 g/mol. The van der Waals surface area contributed by atoms with E-state index in [-0.39, 0.29) is 18.8 Å². The fourth-order valence-electron chi connectivity index (χ4n) is 3.18. The van der Waals surface area contributed by atoms with Crippen LogP contribution in [-0.2, 0) is 32.3 Å². The highest BCUT2D eigenvalue weighted by Gasteiger charge is 2.37. The number of nitro benzene ring substituents is 1. The van der Waals surface area contributed by atoms with Gasteiger partial charge in [-0.25, -0.2) is 9.69 Å². The fraction of sp³-hybridized carbons (Fsp3) is 0.273. The Balaban J connectivity index is 0.000000391. The summed E-state index contributed by atoms with van der Waals surface area (Å²) in [4.78, 5) is 64.5. The summed E-state index contributed by atoms with van der Waals surface area (Å²) in [6.45, 7) is -1.84. The molecule has 0 aliphatic heterocycles. The van der Waals surface area contributed by atoms with E-state index >= 15 is 0 Å². The molecule has 1 unspecified atom stereocenters. The van der Waals surface area contributed by atoms with Crippen LogP contribution >= 0.6 is 11.6 Å². The number of carbonyl (C=O) groups is 4. The van der Waals surface area contributed by atoms with Gasteiger partial charge < -0.3 is 20.4 Å². The highest BCUT2D eigenvalue weighted by molar-refractivity contribution is 6.30. The van der Waals surface area contributed by atoms with Crippen molar-refractivity contribution in [1.29, 1.82) is 0 Å². The van der Waals surface area contributed by atoms with Crippen LogP contribution in [0, 0.1) is 20.2 Å². The zero-order valence-corrected chi connectivity index (χ0v) is 20.7. The van der Waals surface area contributed by atoms with E-state index in [2.05, 4.69) is 0 Å². The number of carboxylic acids is 4. The van der Waals surface area contributed by atoms with Crippen molar-refractivity contribution in [3.8, 4) is 0 Å². The Morgan fingerprint density at radius 3 is 1.77 bits per heavy atom. The van der Waals surface area contributed by atoms with Gasteiger partial charge in [0.05, 0.1) is 22.9 Å². The topological polar surface area (TPSA) is 242 Å². The lowest BCUT2D eigenvalue weighted by Gasteiger charge is -2.21.